The third kappa shape index (κ3) is 3.42. The van der Waals surface area contributed by atoms with Crippen molar-refractivity contribution < 1.29 is 4.79 Å². The molecule has 0 aromatic carbocycles. The van der Waals surface area contributed by atoms with Crippen LogP contribution in [0.15, 0.2) is 52.9 Å². The molecule has 4 aromatic heterocycles. The third-order valence-corrected chi connectivity index (χ3v) is 8.35. The fourth-order valence-electron chi connectivity index (χ4n) is 4.92. The molecular formula is C22H22ClN9OS. The van der Waals surface area contributed by atoms with Crippen LogP contribution in [0.3, 0.4) is 0 Å². The van der Waals surface area contributed by atoms with Crippen molar-refractivity contribution in [2.24, 2.45) is 16.9 Å². The van der Waals surface area contributed by atoms with Gasteiger partial charge >= 0.3 is 0 Å². The first-order valence-corrected chi connectivity index (χ1v) is 12.1. The zero-order chi connectivity index (χ0) is 23.4. The summed E-state index contributed by atoms with van der Waals surface area (Å²) in [6.07, 6.45) is 10.7. The number of aromatic nitrogens is 6. The number of nitrogens with zero attached hydrogens (tertiary/aromatic N) is 7. The Kier molecular flexibility index (Phi) is 5.01. The standard InChI is InChI=1S/C22H22ClN9OS/c23-17-16(2-6-31-11-14(19(25)33)29-20(17)31)34-13-9-26-21(27-10-13)30-7-3-22(4-8-30)12-32-15(18(22)24)1-5-28-32/h1-2,5-6,9-11,18H,3-4,7-8,12,24H2,(H2,25,33)/t18-/m1/s1. The Bertz CT molecular complexity index is 1390. The summed E-state index contributed by atoms with van der Waals surface area (Å²) >= 11 is 7.98. The normalized spacial score (nSPS) is 19.1. The van der Waals surface area contributed by atoms with Gasteiger partial charge in [-0.15, -0.1) is 0 Å². The first-order chi connectivity index (χ1) is 16.4. The maximum Gasteiger partial charge on any atom is 0.268 e. The van der Waals surface area contributed by atoms with Gasteiger partial charge in [0.1, 0.15) is 5.69 Å². The van der Waals surface area contributed by atoms with E-state index in [1.54, 1.807) is 29.2 Å². The fraction of sp³-hybridized carbons (Fsp3) is 0.318. The van der Waals surface area contributed by atoms with Gasteiger partial charge in [0.05, 0.1) is 16.8 Å². The van der Waals surface area contributed by atoms with Crippen molar-refractivity contribution in [2.45, 2.75) is 35.2 Å². The number of rotatable bonds is 4. The summed E-state index contributed by atoms with van der Waals surface area (Å²) in [7, 11) is 0. The number of hydrogen-bond donors (Lipinski definition) is 2. The topological polar surface area (TPSA) is 133 Å². The number of halogens is 1. The number of nitrogens with two attached hydrogens (primary N) is 2. The van der Waals surface area contributed by atoms with Crippen LogP contribution < -0.4 is 16.4 Å². The minimum atomic E-state index is -0.595. The fourth-order valence-corrected chi connectivity index (χ4v) is 6.01. The van der Waals surface area contributed by atoms with Gasteiger partial charge in [-0.2, -0.15) is 5.10 Å². The van der Waals surface area contributed by atoms with E-state index in [2.05, 4.69) is 25.0 Å². The van der Waals surface area contributed by atoms with Gasteiger partial charge in [0, 0.05) is 65.8 Å². The smallest absolute Gasteiger partial charge is 0.268 e. The maximum absolute atomic E-state index is 11.4. The molecule has 6 rings (SSSR count). The molecular weight excluding hydrogens is 474 g/mol. The highest BCUT2D eigenvalue weighted by molar-refractivity contribution is 7.99. The summed E-state index contributed by atoms with van der Waals surface area (Å²) in [5, 5.41) is 4.85. The van der Waals surface area contributed by atoms with Gasteiger partial charge in [-0.1, -0.05) is 23.4 Å². The molecule has 0 aliphatic carbocycles. The number of carbonyl (C=O) groups is 1. The Morgan fingerprint density at radius 3 is 2.68 bits per heavy atom. The molecule has 1 amide bonds. The molecule has 1 fully saturated rings. The molecule has 1 atom stereocenters. The lowest BCUT2D eigenvalue weighted by molar-refractivity contribution is 0.0996. The highest BCUT2D eigenvalue weighted by Crippen LogP contribution is 2.47. The van der Waals surface area contributed by atoms with E-state index in [1.165, 1.54) is 11.8 Å². The van der Waals surface area contributed by atoms with Gasteiger partial charge in [-0.25, -0.2) is 15.0 Å². The van der Waals surface area contributed by atoms with E-state index >= 15 is 0 Å². The molecule has 0 radical (unpaired) electrons. The largest absolute Gasteiger partial charge is 0.364 e. The highest BCUT2D eigenvalue weighted by atomic mass is 35.5. The number of amides is 1. The van der Waals surface area contributed by atoms with Crippen LogP contribution in [0.1, 0.15) is 35.1 Å². The summed E-state index contributed by atoms with van der Waals surface area (Å²) in [5.74, 6) is 0.117. The Morgan fingerprint density at radius 2 is 1.97 bits per heavy atom. The molecule has 0 bridgehead atoms. The van der Waals surface area contributed by atoms with E-state index in [0.29, 0.717) is 16.6 Å². The van der Waals surface area contributed by atoms with Crippen LogP contribution in [0, 0.1) is 5.41 Å². The Morgan fingerprint density at radius 1 is 1.21 bits per heavy atom. The summed E-state index contributed by atoms with van der Waals surface area (Å²) in [6, 6.07) is 3.91. The van der Waals surface area contributed by atoms with Crippen molar-refractivity contribution in [3.8, 4) is 0 Å². The van der Waals surface area contributed by atoms with Gasteiger partial charge in [0.15, 0.2) is 5.65 Å². The van der Waals surface area contributed by atoms with Crippen LogP contribution in [0.4, 0.5) is 5.95 Å². The lowest BCUT2D eigenvalue weighted by Gasteiger charge is -2.41. The molecule has 12 heteroatoms. The summed E-state index contributed by atoms with van der Waals surface area (Å²) in [6.45, 7) is 2.59. The number of primary amides is 1. The first-order valence-electron chi connectivity index (χ1n) is 10.9. The molecule has 6 heterocycles. The van der Waals surface area contributed by atoms with Gasteiger partial charge in [0.25, 0.3) is 5.91 Å². The minimum Gasteiger partial charge on any atom is -0.364 e. The molecule has 1 saturated heterocycles. The number of imidazole rings is 1. The van der Waals surface area contributed by atoms with Crippen molar-refractivity contribution in [3.05, 3.63) is 59.5 Å². The van der Waals surface area contributed by atoms with E-state index in [9.17, 15) is 4.79 Å². The lowest BCUT2D eigenvalue weighted by Crippen LogP contribution is -2.45. The van der Waals surface area contributed by atoms with Crippen molar-refractivity contribution in [2.75, 3.05) is 18.0 Å². The van der Waals surface area contributed by atoms with E-state index < -0.39 is 5.91 Å². The van der Waals surface area contributed by atoms with E-state index in [4.69, 9.17) is 23.1 Å². The molecule has 2 aliphatic rings. The van der Waals surface area contributed by atoms with Gasteiger partial charge in [-0.3, -0.25) is 9.48 Å². The van der Waals surface area contributed by atoms with Gasteiger partial charge < -0.3 is 20.8 Å². The van der Waals surface area contributed by atoms with Crippen LogP contribution in [0.2, 0.25) is 5.02 Å². The second-order valence-corrected chi connectivity index (χ2v) is 10.3. The van der Waals surface area contributed by atoms with Gasteiger partial charge in [0.2, 0.25) is 5.95 Å². The van der Waals surface area contributed by atoms with Crippen LogP contribution in [-0.2, 0) is 6.54 Å². The number of carbonyl (C=O) groups excluding carboxylic acids is 1. The molecule has 1 spiro atoms. The molecule has 34 heavy (non-hydrogen) atoms. The van der Waals surface area contributed by atoms with E-state index in [-0.39, 0.29) is 17.2 Å². The number of hydrogen-bond acceptors (Lipinski definition) is 8. The average molecular weight is 496 g/mol. The van der Waals surface area contributed by atoms with E-state index in [1.807, 2.05) is 23.0 Å². The zero-order valence-electron chi connectivity index (χ0n) is 18.1. The summed E-state index contributed by atoms with van der Waals surface area (Å²) in [5.41, 5.74) is 13.8. The average Bonchev–Trinajstić information content (AvgIpc) is 3.54. The molecule has 0 unspecified atom stereocenters. The first kappa shape index (κ1) is 21.4. The highest BCUT2D eigenvalue weighted by Gasteiger charge is 2.47. The van der Waals surface area contributed by atoms with Crippen molar-refractivity contribution >= 4 is 40.9 Å². The maximum atomic E-state index is 11.4. The summed E-state index contributed by atoms with van der Waals surface area (Å²) < 4.78 is 3.72. The van der Waals surface area contributed by atoms with Crippen LogP contribution in [-0.4, -0.2) is 48.1 Å². The number of pyridine rings is 1. The molecule has 4 N–H and O–H groups in total. The van der Waals surface area contributed by atoms with E-state index in [0.717, 1.165) is 48.0 Å². The quantitative estimate of drug-likeness (QED) is 0.441. The third-order valence-electron chi connectivity index (χ3n) is 6.86. The van der Waals surface area contributed by atoms with Crippen LogP contribution in [0.5, 0.6) is 0 Å². The SMILES string of the molecule is NC(=O)c1cn2ccc(Sc3cnc(N4CCC5(CC4)Cn4nccc4[C@H]5N)nc3)c(Cl)c2n1. The molecule has 2 aliphatic heterocycles. The Balaban J connectivity index is 1.14. The van der Waals surface area contributed by atoms with Crippen molar-refractivity contribution in [3.63, 3.8) is 0 Å². The van der Waals surface area contributed by atoms with Gasteiger partial charge in [-0.05, 0) is 25.0 Å². The van der Waals surface area contributed by atoms with Crippen LogP contribution >= 0.6 is 23.4 Å². The Hall–Kier alpha value is -3.15. The molecule has 174 valence electrons. The lowest BCUT2D eigenvalue weighted by atomic mass is 9.74. The molecule has 0 saturated carbocycles. The van der Waals surface area contributed by atoms with Crippen molar-refractivity contribution in [1.29, 1.82) is 0 Å². The number of piperidine rings is 1. The number of fused-ring (bicyclic) bond motifs is 2. The van der Waals surface area contributed by atoms with Crippen molar-refractivity contribution in [1.82, 2.24) is 29.1 Å². The monoisotopic (exact) mass is 495 g/mol. The Labute approximate surface area is 204 Å². The second-order valence-electron chi connectivity index (χ2n) is 8.78. The van der Waals surface area contributed by atoms with Crippen LogP contribution in [0.25, 0.3) is 5.65 Å². The predicted octanol–water partition coefficient (Wildman–Crippen LogP) is 2.52. The predicted molar refractivity (Wildman–Crippen MR) is 128 cm³/mol. The zero-order valence-corrected chi connectivity index (χ0v) is 19.7. The molecule has 4 aromatic rings. The number of anilines is 1. The summed E-state index contributed by atoms with van der Waals surface area (Å²) in [4.78, 5) is 28.7. The second kappa shape index (κ2) is 7.97. The molecule has 10 nitrogen and oxygen atoms in total. The minimum absolute atomic E-state index is 0.0214.